The Balaban J connectivity index is 2.35. The summed E-state index contributed by atoms with van der Waals surface area (Å²) in [6, 6.07) is 2.00. The third-order valence-corrected chi connectivity index (χ3v) is 3.45. The topological polar surface area (TPSA) is 66.0 Å². The molecule has 0 bridgehead atoms. The van der Waals surface area contributed by atoms with Crippen LogP contribution in [0.3, 0.4) is 0 Å². The number of anilines is 1. The first kappa shape index (κ1) is 14.8. The van der Waals surface area contributed by atoms with Crippen LogP contribution in [-0.2, 0) is 12.8 Å². The van der Waals surface area contributed by atoms with Crippen molar-refractivity contribution < 1.29 is 4.79 Å². The van der Waals surface area contributed by atoms with Crippen molar-refractivity contribution in [1.29, 1.82) is 0 Å². The summed E-state index contributed by atoms with van der Waals surface area (Å²) in [5.74, 6) is 1.14. The molecular weight excluding hydrogens is 252 g/mol. The molecule has 0 fully saturated rings. The number of pyridine rings is 1. The van der Waals surface area contributed by atoms with Crippen LogP contribution in [0.4, 0.5) is 5.82 Å². The molecule has 20 heavy (non-hydrogen) atoms. The smallest absolute Gasteiger partial charge is 0.254 e. The van der Waals surface area contributed by atoms with E-state index in [0.29, 0.717) is 17.3 Å². The van der Waals surface area contributed by atoms with Gasteiger partial charge in [-0.25, -0.2) is 4.98 Å². The third kappa shape index (κ3) is 3.48. The SMILES string of the molecule is CNC(=O)c1cc2c(nc1NCC(C)C)CCNCC2. The molecule has 0 saturated heterocycles. The van der Waals surface area contributed by atoms with Gasteiger partial charge < -0.3 is 16.0 Å². The number of aromatic nitrogens is 1. The van der Waals surface area contributed by atoms with E-state index in [9.17, 15) is 4.79 Å². The lowest BCUT2D eigenvalue weighted by Crippen LogP contribution is -2.22. The van der Waals surface area contributed by atoms with Crippen molar-refractivity contribution in [2.45, 2.75) is 26.7 Å². The van der Waals surface area contributed by atoms with E-state index < -0.39 is 0 Å². The molecule has 0 atom stereocenters. The highest BCUT2D eigenvalue weighted by Crippen LogP contribution is 2.20. The van der Waals surface area contributed by atoms with Crippen molar-refractivity contribution in [3.8, 4) is 0 Å². The van der Waals surface area contributed by atoms with E-state index in [1.165, 1.54) is 5.56 Å². The second-order valence-electron chi connectivity index (χ2n) is 5.59. The van der Waals surface area contributed by atoms with Gasteiger partial charge in [-0.1, -0.05) is 13.8 Å². The molecule has 1 aromatic heterocycles. The monoisotopic (exact) mass is 276 g/mol. The van der Waals surface area contributed by atoms with Crippen molar-refractivity contribution in [1.82, 2.24) is 15.6 Å². The van der Waals surface area contributed by atoms with Gasteiger partial charge in [0.15, 0.2) is 0 Å². The number of carbonyl (C=O) groups excluding carboxylic acids is 1. The van der Waals surface area contributed by atoms with Gasteiger partial charge in [0.25, 0.3) is 5.91 Å². The van der Waals surface area contributed by atoms with Gasteiger partial charge in [0.05, 0.1) is 5.56 Å². The van der Waals surface area contributed by atoms with Crippen molar-refractivity contribution in [3.63, 3.8) is 0 Å². The van der Waals surface area contributed by atoms with Crippen molar-refractivity contribution in [3.05, 3.63) is 22.9 Å². The molecule has 1 aromatic rings. The number of hydrogen-bond acceptors (Lipinski definition) is 4. The summed E-state index contributed by atoms with van der Waals surface area (Å²) >= 11 is 0. The quantitative estimate of drug-likeness (QED) is 0.773. The van der Waals surface area contributed by atoms with Crippen LogP contribution in [-0.4, -0.2) is 37.6 Å². The Morgan fingerprint density at radius 1 is 1.40 bits per heavy atom. The number of hydrogen-bond donors (Lipinski definition) is 3. The summed E-state index contributed by atoms with van der Waals surface area (Å²) < 4.78 is 0. The lowest BCUT2D eigenvalue weighted by atomic mass is 10.0. The number of nitrogens with zero attached hydrogens (tertiary/aromatic N) is 1. The van der Waals surface area contributed by atoms with Gasteiger partial charge in [0, 0.05) is 32.3 Å². The van der Waals surface area contributed by atoms with Gasteiger partial charge >= 0.3 is 0 Å². The molecule has 2 rings (SSSR count). The zero-order chi connectivity index (χ0) is 14.5. The van der Waals surface area contributed by atoms with E-state index in [4.69, 9.17) is 4.98 Å². The number of nitrogens with one attached hydrogen (secondary N) is 3. The summed E-state index contributed by atoms with van der Waals surface area (Å²) in [7, 11) is 1.65. The van der Waals surface area contributed by atoms with Crippen LogP contribution in [0.1, 0.15) is 35.5 Å². The molecule has 0 aliphatic carbocycles. The normalized spacial score (nSPS) is 14.6. The van der Waals surface area contributed by atoms with Crippen molar-refractivity contribution in [2.24, 2.45) is 5.92 Å². The second kappa shape index (κ2) is 6.70. The standard InChI is InChI=1S/C15H24N4O/c1-10(2)9-18-14-12(15(20)16-3)8-11-4-6-17-7-5-13(11)19-14/h8,10,17H,4-7,9H2,1-3H3,(H,16,20)(H,18,19). The van der Waals surface area contributed by atoms with Crippen LogP contribution in [0, 0.1) is 5.92 Å². The maximum atomic E-state index is 12.0. The fourth-order valence-corrected chi connectivity index (χ4v) is 2.32. The molecule has 1 amide bonds. The van der Waals surface area contributed by atoms with E-state index >= 15 is 0 Å². The van der Waals surface area contributed by atoms with Crippen LogP contribution in [0.5, 0.6) is 0 Å². The Morgan fingerprint density at radius 3 is 2.85 bits per heavy atom. The van der Waals surface area contributed by atoms with Crippen LogP contribution >= 0.6 is 0 Å². The maximum absolute atomic E-state index is 12.0. The van der Waals surface area contributed by atoms with E-state index in [1.807, 2.05) is 6.07 Å². The van der Waals surface area contributed by atoms with E-state index in [1.54, 1.807) is 7.05 Å². The first-order valence-corrected chi connectivity index (χ1v) is 7.31. The van der Waals surface area contributed by atoms with Crippen LogP contribution < -0.4 is 16.0 Å². The molecule has 1 aliphatic rings. The molecule has 2 heterocycles. The lowest BCUT2D eigenvalue weighted by molar-refractivity contribution is 0.0963. The fourth-order valence-electron chi connectivity index (χ4n) is 2.32. The Morgan fingerprint density at radius 2 is 2.15 bits per heavy atom. The Bertz CT molecular complexity index is 485. The zero-order valence-electron chi connectivity index (χ0n) is 12.5. The molecule has 1 aliphatic heterocycles. The summed E-state index contributed by atoms with van der Waals surface area (Å²) in [6.07, 6.45) is 1.84. The average Bonchev–Trinajstić information content (AvgIpc) is 2.67. The molecule has 0 saturated carbocycles. The largest absolute Gasteiger partial charge is 0.369 e. The molecule has 3 N–H and O–H groups in total. The minimum absolute atomic E-state index is 0.0798. The Hall–Kier alpha value is -1.62. The minimum atomic E-state index is -0.0798. The highest BCUT2D eigenvalue weighted by molar-refractivity contribution is 5.98. The summed E-state index contributed by atoms with van der Waals surface area (Å²) in [4.78, 5) is 16.7. The number of carbonyl (C=O) groups is 1. The summed E-state index contributed by atoms with van der Waals surface area (Å²) in [5.41, 5.74) is 2.94. The van der Waals surface area contributed by atoms with Gasteiger partial charge in [0.1, 0.15) is 5.82 Å². The molecule has 0 aromatic carbocycles. The van der Waals surface area contributed by atoms with E-state index in [2.05, 4.69) is 29.8 Å². The summed E-state index contributed by atoms with van der Waals surface area (Å²) in [6.45, 7) is 6.98. The predicted molar refractivity (Wildman–Crippen MR) is 81.2 cm³/mol. The third-order valence-electron chi connectivity index (χ3n) is 3.45. The molecule has 0 radical (unpaired) electrons. The van der Waals surface area contributed by atoms with Gasteiger partial charge in [-0.2, -0.15) is 0 Å². The molecule has 0 spiro atoms. The second-order valence-corrected chi connectivity index (χ2v) is 5.59. The van der Waals surface area contributed by atoms with Crippen molar-refractivity contribution >= 4 is 11.7 Å². The molecule has 5 nitrogen and oxygen atoms in total. The van der Waals surface area contributed by atoms with E-state index in [-0.39, 0.29) is 5.91 Å². The Labute approximate surface area is 120 Å². The number of fused-ring (bicyclic) bond motifs is 1. The van der Waals surface area contributed by atoms with Gasteiger partial charge in [-0.15, -0.1) is 0 Å². The minimum Gasteiger partial charge on any atom is -0.369 e. The Kier molecular flexibility index (Phi) is 4.95. The highest BCUT2D eigenvalue weighted by Gasteiger charge is 2.17. The lowest BCUT2D eigenvalue weighted by Gasteiger charge is -2.15. The average molecular weight is 276 g/mol. The number of rotatable bonds is 4. The van der Waals surface area contributed by atoms with Gasteiger partial charge in [0.2, 0.25) is 0 Å². The number of amides is 1. The first-order chi connectivity index (χ1) is 9.61. The van der Waals surface area contributed by atoms with Crippen LogP contribution in [0.25, 0.3) is 0 Å². The zero-order valence-corrected chi connectivity index (χ0v) is 12.5. The predicted octanol–water partition coefficient (Wildman–Crippen LogP) is 1.20. The van der Waals surface area contributed by atoms with Crippen LogP contribution in [0.15, 0.2) is 6.07 Å². The molecule has 5 heteroatoms. The van der Waals surface area contributed by atoms with Gasteiger partial charge in [-0.3, -0.25) is 4.79 Å². The molecule has 110 valence electrons. The van der Waals surface area contributed by atoms with Crippen LogP contribution in [0.2, 0.25) is 0 Å². The first-order valence-electron chi connectivity index (χ1n) is 7.31. The fraction of sp³-hybridized carbons (Fsp3) is 0.600. The van der Waals surface area contributed by atoms with Gasteiger partial charge in [-0.05, 0) is 30.5 Å². The molecular formula is C15H24N4O. The highest BCUT2D eigenvalue weighted by atomic mass is 16.1. The maximum Gasteiger partial charge on any atom is 0.254 e. The van der Waals surface area contributed by atoms with Crippen molar-refractivity contribution in [2.75, 3.05) is 32.0 Å². The molecule has 0 unspecified atom stereocenters. The summed E-state index contributed by atoms with van der Waals surface area (Å²) in [5, 5.41) is 9.37. The van der Waals surface area contributed by atoms with E-state index in [0.717, 1.165) is 38.2 Å².